The molecule has 5 heteroatoms. The first-order valence-corrected chi connectivity index (χ1v) is 5.52. The monoisotopic (exact) mass is 235 g/mol. The molecule has 0 heterocycles. The minimum absolute atomic E-state index is 0.00231. The van der Waals surface area contributed by atoms with Gasteiger partial charge in [0, 0.05) is 17.7 Å². The van der Waals surface area contributed by atoms with Gasteiger partial charge in [0.05, 0.1) is 11.5 Å². The summed E-state index contributed by atoms with van der Waals surface area (Å²) < 4.78 is 5.25. The number of carbonyl (C=O) groups is 1. The van der Waals surface area contributed by atoms with Crippen LogP contribution < -0.4 is 0 Å². The van der Waals surface area contributed by atoms with Crippen LogP contribution in [0.2, 0.25) is 0 Å². The predicted molar refractivity (Wildman–Crippen MR) is 61.0 cm³/mol. The van der Waals surface area contributed by atoms with E-state index in [1.165, 1.54) is 31.0 Å². The molecule has 2 rings (SSSR count). The molecule has 1 aliphatic carbocycles. The number of non-ortho nitro benzene ring substituents is 1. The van der Waals surface area contributed by atoms with Crippen molar-refractivity contribution < 1.29 is 14.5 Å². The molecule has 0 aliphatic heterocycles. The van der Waals surface area contributed by atoms with Gasteiger partial charge in [-0.1, -0.05) is 12.1 Å². The first kappa shape index (κ1) is 11.7. The molecule has 90 valence electrons. The lowest BCUT2D eigenvalue weighted by atomic mass is 10.1. The number of nitro groups is 1. The SMILES string of the molecule is O=C(COCC1CC1)c1cccc([N+](=O)[O-])c1. The molecule has 17 heavy (non-hydrogen) atoms. The van der Waals surface area contributed by atoms with Gasteiger partial charge >= 0.3 is 0 Å². The zero-order chi connectivity index (χ0) is 12.3. The van der Waals surface area contributed by atoms with E-state index in [-0.39, 0.29) is 18.1 Å². The van der Waals surface area contributed by atoms with Crippen LogP contribution in [-0.2, 0) is 4.74 Å². The summed E-state index contributed by atoms with van der Waals surface area (Å²) in [5, 5.41) is 10.6. The van der Waals surface area contributed by atoms with Gasteiger partial charge in [-0.25, -0.2) is 0 Å². The molecule has 1 aromatic carbocycles. The van der Waals surface area contributed by atoms with E-state index in [1.54, 1.807) is 6.07 Å². The highest BCUT2D eigenvalue weighted by Gasteiger charge is 2.21. The molecule has 0 N–H and O–H groups in total. The van der Waals surface area contributed by atoms with Gasteiger partial charge in [-0.3, -0.25) is 14.9 Å². The molecule has 0 spiro atoms. The molecular weight excluding hydrogens is 222 g/mol. The van der Waals surface area contributed by atoms with Gasteiger partial charge in [0.15, 0.2) is 5.78 Å². The van der Waals surface area contributed by atoms with Gasteiger partial charge in [-0.2, -0.15) is 0 Å². The topological polar surface area (TPSA) is 69.4 Å². The first-order valence-electron chi connectivity index (χ1n) is 5.52. The van der Waals surface area contributed by atoms with Gasteiger partial charge in [-0.05, 0) is 18.8 Å². The quantitative estimate of drug-likeness (QED) is 0.430. The second-order valence-corrected chi connectivity index (χ2v) is 4.19. The number of Topliss-reactive ketones (excluding diaryl/α,β-unsaturated/α-hetero) is 1. The minimum Gasteiger partial charge on any atom is -0.373 e. The number of hydrogen-bond donors (Lipinski definition) is 0. The Labute approximate surface area is 98.5 Å². The number of benzene rings is 1. The molecule has 0 atom stereocenters. The lowest BCUT2D eigenvalue weighted by Gasteiger charge is -2.02. The van der Waals surface area contributed by atoms with Crippen molar-refractivity contribution in [2.24, 2.45) is 5.92 Å². The normalized spacial score (nSPS) is 14.6. The molecule has 1 fully saturated rings. The van der Waals surface area contributed by atoms with Crippen molar-refractivity contribution in [1.29, 1.82) is 0 Å². The molecule has 5 nitrogen and oxygen atoms in total. The van der Waals surface area contributed by atoms with Crippen molar-refractivity contribution in [3.05, 3.63) is 39.9 Å². The van der Waals surface area contributed by atoms with Crippen LogP contribution in [0.3, 0.4) is 0 Å². The molecule has 0 amide bonds. The minimum atomic E-state index is -0.512. The third-order valence-electron chi connectivity index (χ3n) is 2.66. The fourth-order valence-electron chi connectivity index (χ4n) is 1.48. The van der Waals surface area contributed by atoms with Crippen molar-refractivity contribution in [1.82, 2.24) is 0 Å². The molecule has 0 radical (unpaired) electrons. The standard InChI is InChI=1S/C12H13NO4/c14-12(8-17-7-9-4-5-9)10-2-1-3-11(6-10)13(15)16/h1-3,6,9H,4-5,7-8H2. The first-order chi connectivity index (χ1) is 8.16. The fraction of sp³-hybridized carbons (Fsp3) is 0.417. The van der Waals surface area contributed by atoms with Gasteiger partial charge < -0.3 is 4.74 Å². The summed E-state index contributed by atoms with van der Waals surface area (Å²) in [6.07, 6.45) is 2.34. The molecule has 1 aliphatic rings. The van der Waals surface area contributed by atoms with Gasteiger partial charge in [-0.15, -0.1) is 0 Å². The Morgan fingerprint density at radius 3 is 2.88 bits per heavy atom. The maximum Gasteiger partial charge on any atom is 0.270 e. The van der Waals surface area contributed by atoms with Crippen LogP contribution in [0.4, 0.5) is 5.69 Å². The maximum atomic E-state index is 11.7. The summed E-state index contributed by atoms with van der Waals surface area (Å²) in [6, 6.07) is 5.72. The summed E-state index contributed by atoms with van der Waals surface area (Å²) in [5.74, 6) is 0.391. The van der Waals surface area contributed by atoms with E-state index < -0.39 is 4.92 Å². The molecule has 1 aromatic rings. The Bertz CT molecular complexity index is 440. The van der Waals surface area contributed by atoms with Crippen LogP contribution >= 0.6 is 0 Å². The van der Waals surface area contributed by atoms with Crippen molar-refractivity contribution >= 4 is 11.5 Å². The summed E-state index contributed by atoms with van der Waals surface area (Å²) in [5.41, 5.74) is 0.257. The number of rotatable bonds is 6. The van der Waals surface area contributed by atoms with Gasteiger partial charge in [0.1, 0.15) is 6.61 Å². The lowest BCUT2D eigenvalue weighted by Crippen LogP contribution is -2.10. The second-order valence-electron chi connectivity index (χ2n) is 4.19. The molecule has 0 bridgehead atoms. The Hall–Kier alpha value is -1.75. The lowest BCUT2D eigenvalue weighted by molar-refractivity contribution is -0.384. The van der Waals surface area contributed by atoms with E-state index >= 15 is 0 Å². The fourth-order valence-corrected chi connectivity index (χ4v) is 1.48. The third-order valence-corrected chi connectivity index (χ3v) is 2.66. The third kappa shape index (κ3) is 3.35. The van der Waals surface area contributed by atoms with Crippen LogP contribution in [0.15, 0.2) is 24.3 Å². The molecular formula is C12H13NO4. The maximum absolute atomic E-state index is 11.7. The van der Waals surface area contributed by atoms with E-state index in [1.807, 2.05) is 0 Å². The van der Waals surface area contributed by atoms with Crippen LogP contribution in [0.25, 0.3) is 0 Å². The highest BCUT2D eigenvalue weighted by atomic mass is 16.6. The van der Waals surface area contributed by atoms with Crippen LogP contribution in [-0.4, -0.2) is 23.9 Å². The predicted octanol–water partition coefficient (Wildman–Crippen LogP) is 2.20. The number of nitrogens with zero attached hydrogens (tertiary/aromatic N) is 1. The summed E-state index contributed by atoms with van der Waals surface area (Å²) in [7, 11) is 0. The highest BCUT2D eigenvalue weighted by molar-refractivity contribution is 5.97. The van der Waals surface area contributed by atoms with Crippen LogP contribution in [0.5, 0.6) is 0 Å². The Morgan fingerprint density at radius 2 is 2.24 bits per heavy atom. The van der Waals surface area contributed by atoms with Crippen molar-refractivity contribution in [3.8, 4) is 0 Å². The smallest absolute Gasteiger partial charge is 0.270 e. The van der Waals surface area contributed by atoms with Crippen LogP contribution in [0, 0.1) is 16.0 Å². The zero-order valence-electron chi connectivity index (χ0n) is 9.30. The average molecular weight is 235 g/mol. The van der Waals surface area contributed by atoms with E-state index in [0.29, 0.717) is 18.1 Å². The van der Waals surface area contributed by atoms with Gasteiger partial charge in [0.2, 0.25) is 0 Å². The van der Waals surface area contributed by atoms with Crippen molar-refractivity contribution in [3.63, 3.8) is 0 Å². The molecule has 0 unspecified atom stereocenters. The number of ether oxygens (including phenoxy) is 1. The van der Waals surface area contributed by atoms with E-state index in [0.717, 1.165) is 0 Å². The average Bonchev–Trinajstić information content (AvgIpc) is 3.13. The second kappa shape index (κ2) is 5.05. The number of hydrogen-bond acceptors (Lipinski definition) is 4. The molecule has 0 saturated heterocycles. The Balaban J connectivity index is 1.92. The summed E-state index contributed by atoms with van der Waals surface area (Å²) in [4.78, 5) is 21.7. The van der Waals surface area contributed by atoms with E-state index in [2.05, 4.69) is 0 Å². The van der Waals surface area contributed by atoms with Gasteiger partial charge in [0.25, 0.3) is 5.69 Å². The number of nitro benzene ring substituents is 1. The van der Waals surface area contributed by atoms with E-state index in [4.69, 9.17) is 4.74 Å². The van der Waals surface area contributed by atoms with E-state index in [9.17, 15) is 14.9 Å². The number of carbonyl (C=O) groups excluding carboxylic acids is 1. The summed E-state index contributed by atoms with van der Waals surface area (Å²) >= 11 is 0. The largest absolute Gasteiger partial charge is 0.373 e. The highest BCUT2D eigenvalue weighted by Crippen LogP contribution is 2.28. The zero-order valence-corrected chi connectivity index (χ0v) is 9.30. The Morgan fingerprint density at radius 1 is 1.47 bits per heavy atom. The number of ketones is 1. The van der Waals surface area contributed by atoms with Crippen LogP contribution in [0.1, 0.15) is 23.2 Å². The van der Waals surface area contributed by atoms with Crippen molar-refractivity contribution in [2.45, 2.75) is 12.8 Å². The summed E-state index contributed by atoms with van der Waals surface area (Å²) in [6.45, 7) is 0.609. The molecule has 1 saturated carbocycles. The Kier molecular flexibility index (Phi) is 3.49. The van der Waals surface area contributed by atoms with Crippen molar-refractivity contribution in [2.75, 3.05) is 13.2 Å². The molecule has 0 aromatic heterocycles.